The lowest BCUT2D eigenvalue weighted by Gasteiger charge is -2.25. The van der Waals surface area contributed by atoms with Gasteiger partial charge in [-0.15, -0.1) is 5.10 Å². The van der Waals surface area contributed by atoms with E-state index in [1.807, 2.05) is 64.2 Å². The van der Waals surface area contributed by atoms with Gasteiger partial charge in [-0.2, -0.15) is 0 Å². The van der Waals surface area contributed by atoms with E-state index in [0.29, 0.717) is 6.54 Å². The number of fused-ring (bicyclic) bond motifs is 1. The van der Waals surface area contributed by atoms with Crippen molar-refractivity contribution in [3.63, 3.8) is 0 Å². The van der Waals surface area contributed by atoms with Crippen LogP contribution in [0.4, 0.5) is 10.5 Å². The Morgan fingerprint density at radius 1 is 1.17 bits per heavy atom. The van der Waals surface area contributed by atoms with Crippen LogP contribution >= 0.6 is 15.9 Å². The molecule has 1 aliphatic heterocycles. The van der Waals surface area contributed by atoms with Crippen molar-refractivity contribution in [2.45, 2.75) is 39.7 Å². The largest absolute Gasteiger partial charge is 0.443 e. The highest BCUT2D eigenvalue weighted by atomic mass is 79.9. The average molecular weight is 455 g/mol. The number of hydrogen-bond acceptors (Lipinski definition) is 4. The number of halogens is 1. The Hall–Kier alpha value is -2.67. The van der Waals surface area contributed by atoms with Crippen molar-refractivity contribution >= 4 is 27.7 Å². The van der Waals surface area contributed by atoms with E-state index in [1.165, 1.54) is 0 Å². The Kier molecular flexibility index (Phi) is 4.94. The molecule has 0 N–H and O–H groups in total. The number of aromatic nitrogens is 3. The number of rotatable bonds is 2. The fourth-order valence-electron chi connectivity index (χ4n) is 3.37. The summed E-state index contributed by atoms with van der Waals surface area (Å²) in [4.78, 5) is 14.3. The van der Waals surface area contributed by atoms with Crippen LogP contribution in [0.3, 0.4) is 0 Å². The first-order valence-corrected chi connectivity index (χ1v) is 10.3. The SMILES string of the molecule is Cc1cccc(-n2cc(-c3ccc4c(c3)N(C(=O)OC(C)(C)C)CC4)nn2)c1Br. The zero-order chi connectivity index (χ0) is 20.8. The maximum atomic E-state index is 12.6. The first-order chi connectivity index (χ1) is 13.7. The molecule has 1 aromatic heterocycles. The average Bonchev–Trinajstić information content (AvgIpc) is 3.29. The van der Waals surface area contributed by atoms with Crippen LogP contribution in [0.2, 0.25) is 0 Å². The smallest absolute Gasteiger partial charge is 0.414 e. The molecule has 0 saturated heterocycles. The Labute approximate surface area is 178 Å². The zero-order valence-electron chi connectivity index (χ0n) is 16.9. The summed E-state index contributed by atoms with van der Waals surface area (Å²) < 4.78 is 8.30. The molecule has 2 aromatic carbocycles. The maximum absolute atomic E-state index is 12.6. The zero-order valence-corrected chi connectivity index (χ0v) is 18.5. The van der Waals surface area contributed by atoms with E-state index in [0.717, 1.165) is 44.7 Å². The number of carbonyl (C=O) groups is 1. The minimum absolute atomic E-state index is 0.319. The quantitative estimate of drug-likeness (QED) is 0.526. The Balaban J connectivity index is 1.65. The minimum Gasteiger partial charge on any atom is -0.443 e. The highest BCUT2D eigenvalue weighted by Crippen LogP contribution is 2.34. The lowest BCUT2D eigenvalue weighted by atomic mass is 10.1. The number of benzene rings is 2. The molecule has 2 heterocycles. The van der Waals surface area contributed by atoms with Crippen molar-refractivity contribution in [1.29, 1.82) is 0 Å². The first-order valence-electron chi connectivity index (χ1n) is 9.54. The summed E-state index contributed by atoms with van der Waals surface area (Å²) in [5.74, 6) is 0. The Morgan fingerprint density at radius 2 is 1.97 bits per heavy atom. The molecule has 6 nitrogen and oxygen atoms in total. The van der Waals surface area contributed by atoms with E-state index in [-0.39, 0.29) is 6.09 Å². The van der Waals surface area contributed by atoms with Gasteiger partial charge in [-0.05, 0) is 73.3 Å². The summed E-state index contributed by atoms with van der Waals surface area (Å²) >= 11 is 3.62. The highest BCUT2D eigenvalue weighted by molar-refractivity contribution is 9.10. The van der Waals surface area contributed by atoms with Gasteiger partial charge in [-0.25, -0.2) is 9.48 Å². The molecule has 29 heavy (non-hydrogen) atoms. The van der Waals surface area contributed by atoms with Crippen molar-refractivity contribution in [2.24, 2.45) is 0 Å². The number of aryl methyl sites for hydroxylation is 1. The normalized spacial score (nSPS) is 13.5. The lowest BCUT2D eigenvalue weighted by Crippen LogP contribution is -2.35. The Bertz CT molecular complexity index is 1080. The van der Waals surface area contributed by atoms with E-state index in [4.69, 9.17) is 4.74 Å². The monoisotopic (exact) mass is 454 g/mol. The number of anilines is 1. The number of ether oxygens (including phenoxy) is 1. The van der Waals surface area contributed by atoms with Gasteiger partial charge >= 0.3 is 6.09 Å². The predicted octanol–water partition coefficient (Wildman–Crippen LogP) is 5.30. The molecule has 0 radical (unpaired) electrons. The third kappa shape index (κ3) is 3.92. The van der Waals surface area contributed by atoms with Gasteiger partial charge < -0.3 is 4.74 Å². The second-order valence-corrected chi connectivity index (χ2v) is 8.97. The second kappa shape index (κ2) is 7.30. The van der Waals surface area contributed by atoms with Crippen LogP contribution in [0, 0.1) is 6.92 Å². The number of carbonyl (C=O) groups excluding carboxylic acids is 1. The first kappa shape index (κ1) is 19.6. The fourth-order valence-corrected chi connectivity index (χ4v) is 3.81. The Morgan fingerprint density at radius 3 is 2.72 bits per heavy atom. The van der Waals surface area contributed by atoms with E-state index in [2.05, 4.69) is 32.3 Å². The van der Waals surface area contributed by atoms with E-state index in [9.17, 15) is 4.79 Å². The molecule has 0 fully saturated rings. The molecular formula is C22H23BrN4O2. The molecule has 150 valence electrons. The van der Waals surface area contributed by atoms with E-state index >= 15 is 0 Å². The van der Waals surface area contributed by atoms with Crippen LogP contribution in [-0.2, 0) is 11.2 Å². The van der Waals surface area contributed by atoms with Crippen LogP contribution in [0.25, 0.3) is 16.9 Å². The highest BCUT2D eigenvalue weighted by Gasteiger charge is 2.29. The standard InChI is InChI=1S/C22H23BrN4O2/c1-14-6-5-7-18(20(14)23)27-13-17(24-25-27)16-9-8-15-10-11-26(19(15)12-16)21(28)29-22(2,3)4/h5-9,12-13H,10-11H2,1-4H3. The van der Waals surface area contributed by atoms with Crippen LogP contribution in [0.15, 0.2) is 47.1 Å². The van der Waals surface area contributed by atoms with Crippen molar-refractivity contribution in [3.05, 3.63) is 58.2 Å². The van der Waals surface area contributed by atoms with Gasteiger partial charge in [0.2, 0.25) is 0 Å². The molecule has 0 bridgehead atoms. The second-order valence-electron chi connectivity index (χ2n) is 8.18. The molecule has 3 aromatic rings. The number of hydrogen-bond donors (Lipinski definition) is 0. The molecule has 0 saturated carbocycles. The van der Waals surface area contributed by atoms with Crippen LogP contribution in [-0.4, -0.2) is 33.2 Å². The van der Waals surface area contributed by atoms with Gasteiger partial charge in [-0.3, -0.25) is 4.90 Å². The third-order valence-electron chi connectivity index (χ3n) is 4.80. The summed E-state index contributed by atoms with van der Waals surface area (Å²) in [7, 11) is 0. The van der Waals surface area contributed by atoms with Gasteiger partial charge in [0.25, 0.3) is 0 Å². The van der Waals surface area contributed by atoms with E-state index in [1.54, 1.807) is 9.58 Å². The van der Waals surface area contributed by atoms with Gasteiger partial charge in [0.15, 0.2) is 0 Å². The van der Waals surface area contributed by atoms with Gasteiger partial charge in [0.05, 0.1) is 17.6 Å². The topological polar surface area (TPSA) is 60.2 Å². The van der Waals surface area contributed by atoms with Crippen molar-refractivity contribution in [3.8, 4) is 16.9 Å². The van der Waals surface area contributed by atoms with Crippen molar-refractivity contribution < 1.29 is 9.53 Å². The summed E-state index contributed by atoms with van der Waals surface area (Å²) in [6.07, 6.45) is 2.40. The molecule has 0 unspecified atom stereocenters. The number of amides is 1. The molecule has 0 spiro atoms. The summed E-state index contributed by atoms with van der Waals surface area (Å²) in [5.41, 5.74) is 5.20. The third-order valence-corrected chi connectivity index (χ3v) is 5.83. The maximum Gasteiger partial charge on any atom is 0.414 e. The minimum atomic E-state index is -0.526. The van der Waals surface area contributed by atoms with Gasteiger partial charge in [0, 0.05) is 16.6 Å². The molecule has 0 atom stereocenters. The summed E-state index contributed by atoms with van der Waals surface area (Å²) in [6, 6.07) is 12.1. The predicted molar refractivity (Wildman–Crippen MR) is 117 cm³/mol. The molecule has 1 amide bonds. The van der Waals surface area contributed by atoms with Crippen LogP contribution < -0.4 is 4.90 Å². The van der Waals surface area contributed by atoms with Crippen LogP contribution in [0.5, 0.6) is 0 Å². The molecule has 4 rings (SSSR count). The van der Waals surface area contributed by atoms with Crippen molar-refractivity contribution in [2.75, 3.05) is 11.4 Å². The molecule has 0 aliphatic carbocycles. The van der Waals surface area contributed by atoms with Gasteiger partial charge in [-0.1, -0.05) is 29.5 Å². The molecular weight excluding hydrogens is 432 g/mol. The molecule has 7 heteroatoms. The number of nitrogens with zero attached hydrogens (tertiary/aromatic N) is 4. The summed E-state index contributed by atoms with van der Waals surface area (Å²) in [5, 5.41) is 8.64. The van der Waals surface area contributed by atoms with Crippen molar-refractivity contribution in [1.82, 2.24) is 15.0 Å². The summed E-state index contributed by atoms with van der Waals surface area (Å²) in [6.45, 7) is 8.29. The van der Waals surface area contributed by atoms with Crippen LogP contribution in [0.1, 0.15) is 31.9 Å². The lowest BCUT2D eigenvalue weighted by molar-refractivity contribution is 0.0584. The van der Waals surface area contributed by atoms with E-state index < -0.39 is 5.60 Å². The van der Waals surface area contributed by atoms with Gasteiger partial charge in [0.1, 0.15) is 11.3 Å². The fraction of sp³-hybridized carbons (Fsp3) is 0.318. The molecule has 1 aliphatic rings.